The van der Waals surface area contributed by atoms with Crippen LogP contribution in [0.25, 0.3) is 38.9 Å². The first kappa shape index (κ1) is 26.3. The highest BCUT2D eigenvalue weighted by molar-refractivity contribution is 6.41. The number of carbonyl (C=O) groups is 1. The first-order chi connectivity index (χ1) is 18.9. The number of methoxy groups -OCH3 is 2. The summed E-state index contributed by atoms with van der Waals surface area (Å²) in [6.45, 7) is 3.87. The van der Waals surface area contributed by atoms with Gasteiger partial charge < -0.3 is 20.1 Å². The summed E-state index contributed by atoms with van der Waals surface area (Å²) in [6, 6.07) is 13.4. The van der Waals surface area contributed by atoms with E-state index in [4.69, 9.17) is 37.7 Å². The molecule has 5 aromatic rings. The molecule has 10 heteroatoms. The Morgan fingerprint density at radius 1 is 1.10 bits per heavy atom. The number of imidazole rings is 1. The third-order valence-corrected chi connectivity index (χ3v) is 7.14. The second kappa shape index (κ2) is 10.8. The van der Waals surface area contributed by atoms with E-state index in [1.54, 1.807) is 12.3 Å². The van der Waals surface area contributed by atoms with Crippen molar-refractivity contribution in [3.8, 4) is 33.9 Å². The molecule has 0 aliphatic rings. The van der Waals surface area contributed by atoms with E-state index < -0.39 is 0 Å². The van der Waals surface area contributed by atoms with Crippen LogP contribution in [0.5, 0.6) is 11.5 Å². The van der Waals surface area contributed by atoms with E-state index in [9.17, 15) is 4.79 Å². The molecule has 8 nitrogen and oxygen atoms in total. The summed E-state index contributed by atoms with van der Waals surface area (Å²) in [6.07, 6.45) is 4.99. The lowest BCUT2D eigenvalue weighted by Crippen LogP contribution is -2.19. The molecular weight excluding hydrogens is 537 g/mol. The van der Waals surface area contributed by atoms with Crippen LogP contribution >= 0.6 is 23.2 Å². The minimum absolute atomic E-state index is 0.235. The Morgan fingerprint density at radius 3 is 2.51 bits per heavy atom. The van der Waals surface area contributed by atoms with E-state index in [0.29, 0.717) is 50.7 Å². The number of benzene rings is 2. The van der Waals surface area contributed by atoms with E-state index in [0.717, 1.165) is 27.7 Å². The minimum Gasteiger partial charge on any atom is -0.495 e. The van der Waals surface area contributed by atoms with Gasteiger partial charge in [0.15, 0.2) is 0 Å². The van der Waals surface area contributed by atoms with Crippen LogP contribution in [0.4, 0.5) is 5.82 Å². The third kappa shape index (κ3) is 4.84. The molecule has 39 heavy (non-hydrogen) atoms. The highest BCUT2D eigenvalue weighted by atomic mass is 35.5. The first-order valence-electron chi connectivity index (χ1n) is 12.0. The summed E-state index contributed by atoms with van der Waals surface area (Å²) in [5, 5.41) is 7.44. The predicted octanol–water partition coefficient (Wildman–Crippen LogP) is 6.38. The number of hydrogen-bond acceptors (Lipinski definition) is 6. The number of fused-ring (bicyclic) bond motifs is 3. The Morgan fingerprint density at radius 2 is 1.85 bits per heavy atom. The molecule has 0 unspecified atom stereocenters. The second-order valence-corrected chi connectivity index (χ2v) is 9.42. The molecule has 0 aliphatic heterocycles. The molecular formula is C29H25Cl2N5O3. The number of carbonyl (C=O) groups excluding carboxylic acids is 1. The number of amides is 1. The number of hydrogen-bond donors (Lipinski definition) is 2. The number of rotatable bonds is 8. The van der Waals surface area contributed by atoms with Crippen LogP contribution < -0.4 is 20.1 Å². The van der Waals surface area contributed by atoms with Crippen LogP contribution in [0.3, 0.4) is 0 Å². The molecule has 3 aromatic heterocycles. The van der Waals surface area contributed by atoms with Crippen molar-refractivity contribution >= 4 is 51.5 Å². The molecule has 0 atom stereocenters. The quantitative estimate of drug-likeness (QED) is 0.213. The van der Waals surface area contributed by atoms with Gasteiger partial charge in [0.05, 0.1) is 35.5 Å². The lowest BCUT2D eigenvalue weighted by molar-refractivity contribution is -0.116. The highest BCUT2D eigenvalue weighted by Gasteiger charge is 2.23. The van der Waals surface area contributed by atoms with Crippen LogP contribution in [-0.4, -0.2) is 41.5 Å². The number of ether oxygens (including phenoxy) is 2. The van der Waals surface area contributed by atoms with Crippen LogP contribution in [0, 0.1) is 0 Å². The van der Waals surface area contributed by atoms with Crippen molar-refractivity contribution in [2.24, 2.45) is 0 Å². The van der Waals surface area contributed by atoms with Crippen molar-refractivity contribution in [2.45, 2.75) is 6.54 Å². The van der Waals surface area contributed by atoms with Gasteiger partial charge in [0.1, 0.15) is 23.0 Å². The summed E-state index contributed by atoms with van der Waals surface area (Å²) < 4.78 is 13.0. The normalized spacial score (nSPS) is 11.0. The largest absolute Gasteiger partial charge is 0.495 e. The van der Waals surface area contributed by atoms with Gasteiger partial charge in [0.25, 0.3) is 0 Å². The zero-order valence-electron chi connectivity index (χ0n) is 21.5. The smallest absolute Gasteiger partial charge is 0.243 e. The van der Waals surface area contributed by atoms with Crippen molar-refractivity contribution in [1.29, 1.82) is 0 Å². The Kier molecular flexibility index (Phi) is 7.32. The molecule has 0 spiro atoms. The summed E-state index contributed by atoms with van der Waals surface area (Å²) in [5.41, 5.74) is 5.29. The maximum atomic E-state index is 11.7. The molecule has 0 bridgehead atoms. The van der Waals surface area contributed by atoms with Gasteiger partial charge in [-0.1, -0.05) is 48.0 Å². The van der Waals surface area contributed by atoms with Crippen molar-refractivity contribution in [3.63, 3.8) is 0 Å². The fourth-order valence-corrected chi connectivity index (χ4v) is 5.14. The van der Waals surface area contributed by atoms with E-state index in [1.165, 1.54) is 20.3 Å². The van der Waals surface area contributed by atoms with E-state index in [2.05, 4.69) is 22.2 Å². The van der Waals surface area contributed by atoms with Crippen LogP contribution in [-0.2, 0) is 11.3 Å². The number of pyridine rings is 2. The molecule has 0 aliphatic carbocycles. The number of halogens is 2. The maximum absolute atomic E-state index is 11.7. The molecule has 0 saturated carbocycles. The fraction of sp³-hybridized carbons (Fsp3) is 0.138. The Hall–Kier alpha value is -4.27. The first-order valence-corrected chi connectivity index (χ1v) is 12.7. The standard InChI is InChI=1S/C29H25Cl2N5O3/c1-5-25(37)34-13-16-7-6-8-17(9-16)20-15-36-21-11-24(32-2)33-14-18(21)10-19(29(36)35-20)26-27(30)22(38-3)12-23(39-4)28(26)31/h5-12,14-15H,1,13H2,2-4H3,(H,32,33)(H,34,37). The molecule has 5 rings (SSSR count). The van der Waals surface area contributed by atoms with Crippen LogP contribution in [0.1, 0.15) is 5.56 Å². The van der Waals surface area contributed by atoms with Gasteiger partial charge in [-0.3, -0.25) is 9.20 Å². The van der Waals surface area contributed by atoms with Crippen molar-refractivity contribution in [2.75, 3.05) is 26.6 Å². The van der Waals surface area contributed by atoms with Gasteiger partial charge in [0, 0.05) is 60.2 Å². The maximum Gasteiger partial charge on any atom is 0.243 e. The molecule has 2 N–H and O–H groups in total. The number of nitrogens with zero attached hydrogens (tertiary/aromatic N) is 3. The monoisotopic (exact) mass is 561 g/mol. The number of nitrogens with one attached hydrogen (secondary N) is 2. The van der Waals surface area contributed by atoms with Crippen molar-refractivity contribution in [1.82, 2.24) is 19.7 Å². The lowest BCUT2D eigenvalue weighted by Gasteiger charge is -2.16. The molecule has 0 fully saturated rings. The average Bonchev–Trinajstić information content (AvgIpc) is 3.42. The highest BCUT2D eigenvalue weighted by Crippen LogP contribution is 2.47. The fourth-order valence-electron chi connectivity index (χ4n) is 4.43. The van der Waals surface area contributed by atoms with E-state index in [1.807, 2.05) is 54.0 Å². The van der Waals surface area contributed by atoms with Crippen LogP contribution in [0.15, 0.2) is 67.5 Å². The predicted molar refractivity (Wildman–Crippen MR) is 156 cm³/mol. The van der Waals surface area contributed by atoms with Gasteiger partial charge in [0.2, 0.25) is 5.91 Å². The topological polar surface area (TPSA) is 89.8 Å². The molecule has 2 aromatic carbocycles. The van der Waals surface area contributed by atoms with Crippen molar-refractivity contribution in [3.05, 3.63) is 83.1 Å². The second-order valence-electron chi connectivity index (χ2n) is 8.66. The van der Waals surface area contributed by atoms with Gasteiger partial charge in [-0.2, -0.15) is 0 Å². The van der Waals surface area contributed by atoms with Crippen LogP contribution in [0.2, 0.25) is 10.0 Å². The average molecular weight is 562 g/mol. The number of aromatic nitrogens is 3. The molecule has 3 heterocycles. The summed E-state index contributed by atoms with van der Waals surface area (Å²) in [5.74, 6) is 1.33. The molecule has 198 valence electrons. The summed E-state index contributed by atoms with van der Waals surface area (Å²) in [4.78, 5) is 21.2. The molecule has 1 amide bonds. The number of anilines is 1. The molecule has 0 radical (unpaired) electrons. The SMILES string of the molecule is C=CC(=O)NCc1cccc(-c2cn3c(n2)c(-c2c(Cl)c(OC)cc(OC)c2Cl)cc2cnc(NC)cc23)c1. The minimum atomic E-state index is -0.235. The Bertz CT molecular complexity index is 1720. The van der Waals surface area contributed by atoms with Gasteiger partial charge in [-0.05, 0) is 23.8 Å². The van der Waals surface area contributed by atoms with Gasteiger partial charge in [-0.25, -0.2) is 9.97 Å². The zero-order chi connectivity index (χ0) is 27.7. The van der Waals surface area contributed by atoms with E-state index in [-0.39, 0.29) is 5.91 Å². The Balaban J connectivity index is 1.77. The van der Waals surface area contributed by atoms with Crippen molar-refractivity contribution < 1.29 is 14.3 Å². The van der Waals surface area contributed by atoms with Gasteiger partial charge in [-0.15, -0.1) is 0 Å². The van der Waals surface area contributed by atoms with Gasteiger partial charge >= 0.3 is 0 Å². The zero-order valence-corrected chi connectivity index (χ0v) is 23.0. The summed E-state index contributed by atoms with van der Waals surface area (Å²) in [7, 11) is 4.89. The molecule has 0 saturated heterocycles. The Labute approximate surface area is 235 Å². The van der Waals surface area contributed by atoms with E-state index >= 15 is 0 Å². The third-order valence-electron chi connectivity index (χ3n) is 6.39. The lowest BCUT2D eigenvalue weighted by atomic mass is 10.0. The summed E-state index contributed by atoms with van der Waals surface area (Å²) >= 11 is 13.6.